The summed E-state index contributed by atoms with van der Waals surface area (Å²) in [7, 11) is 0. The number of halogens is 1. The van der Waals surface area contributed by atoms with Crippen molar-refractivity contribution in [3.05, 3.63) is 39.9 Å². The summed E-state index contributed by atoms with van der Waals surface area (Å²) in [5.74, 6) is 4.14. The predicted molar refractivity (Wildman–Crippen MR) is 108 cm³/mol. The molecule has 0 amide bonds. The summed E-state index contributed by atoms with van der Waals surface area (Å²) in [5.41, 5.74) is 3.83. The Morgan fingerprint density at radius 3 is 2.00 bits per heavy atom. The Hall–Kier alpha value is -1.61. The van der Waals surface area contributed by atoms with Crippen molar-refractivity contribution in [1.82, 2.24) is 4.57 Å². The molecular formula is C23H28ClNO2. The van der Waals surface area contributed by atoms with Gasteiger partial charge in [-0.1, -0.05) is 38.3 Å². The minimum absolute atomic E-state index is 0.244. The van der Waals surface area contributed by atoms with Crippen molar-refractivity contribution in [3.8, 4) is 17.4 Å². The predicted octanol–water partition coefficient (Wildman–Crippen LogP) is 6.12. The molecule has 2 bridgehead atoms. The molecule has 3 aliphatic carbocycles. The van der Waals surface area contributed by atoms with E-state index in [4.69, 9.17) is 11.6 Å². The van der Waals surface area contributed by atoms with E-state index in [2.05, 4.69) is 13.8 Å². The molecular weight excluding hydrogens is 358 g/mol. The average molecular weight is 386 g/mol. The van der Waals surface area contributed by atoms with Crippen molar-refractivity contribution in [3.63, 3.8) is 0 Å². The van der Waals surface area contributed by atoms with Crippen LogP contribution in [0.25, 0.3) is 5.69 Å². The van der Waals surface area contributed by atoms with Crippen LogP contribution in [0.2, 0.25) is 5.02 Å². The maximum atomic E-state index is 11.2. The number of rotatable bonds is 3. The average Bonchev–Trinajstić information content (AvgIpc) is 3.35. The Balaban J connectivity index is 1.66. The fourth-order valence-electron chi connectivity index (χ4n) is 7.02. The molecule has 2 saturated carbocycles. The van der Waals surface area contributed by atoms with Gasteiger partial charge in [0.1, 0.15) is 0 Å². The van der Waals surface area contributed by atoms with Gasteiger partial charge in [-0.25, -0.2) is 0 Å². The Morgan fingerprint density at radius 2 is 1.52 bits per heavy atom. The first-order chi connectivity index (χ1) is 13.0. The highest BCUT2D eigenvalue weighted by atomic mass is 35.5. The first-order valence-electron chi connectivity index (χ1n) is 10.4. The molecule has 1 heterocycles. The number of hydrogen-bond donors (Lipinski definition) is 2. The van der Waals surface area contributed by atoms with Gasteiger partial charge in [-0.15, -0.1) is 0 Å². The lowest BCUT2D eigenvalue weighted by Gasteiger charge is -2.30. The van der Waals surface area contributed by atoms with E-state index in [1.165, 1.54) is 19.3 Å². The molecule has 144 valence electrons. The number of aromatic hydroxyl groups is 2. The van der Waals surface area contributed by atoms with Crippen LogP contribution in [0.4, 0.5) is 0 Å². The van der Waals surface area contributed by atoms with Gasteiger partial charge in [-0.3, -0.25) is 4.57 Å². The highest BCUT2D eigenvalue weighted by molar-refractivity contribution is 6.30. The number of aryl methyl sites for hydroxylation is 1. The topological polar surface area (TPSA) is 45.4 Å². The summed E-state index contributed by atoms with van der Waals surface area (Å²) >= 11 is 6.11. The molecule has 6 unspecified atom stereocenters. The molecule has 0 radical (unpaired) electrons. The summed E-state index contributed by atoms with van der Waals surface area (Å²) in [6, 6.07) is 5.58. The summed E-state index contributed by atoms with van der Waals surface area (Å²) in [6.07, 6.45) is 4.87. The lowest BCUT2D eigenvalue weighted by atomic mass is 9.73. The number of nitrogens with zero attached hydrogens (tertiary/aromatic N) is 1. The van der Waals surface area contributed by atoms with E-state index < -0.39 is 0 Å². The van der Waals surface area contributed by atoms with Crippen LogP contribution in [0.3, 0.4) is 0 Å². The molecule has 27 heavy (non-hydrogen) atoms. The van der Waals surface area contributed by atoms with Crippen molar-refractivity contribution < 1.29 is 10.2 Å². The van der Waals surface area contributed by atoms with Crippen molar-refractivity contribution >= 4 is 11.6 Å². The van der Waals surface area contributed by atoms with Gasteiger partial charge in [0, 0.05) is 16.1 Å². The van der Waals surface area contributed by atoms with Crippen LogP contribution in [0.1, 0.15) is 68.1 Å². The summed E-state index contributed by atoms with van der Waals surface area (Å²) < 4.78 is 1.65. The van der Waals surface area contributed by atoms with Gasteiger partial charge in [-0.2, -0.15) is 0 Å². The molecule has 1 aromatic heterocycles. The molecule has 6 atom stereocenters. The van der Waals surface area contributed by atoms with Crippen molar-refractivity contribution in [2.45, 2.75) is 58.3 Å². The van der Waals surface area contributed by atoms with Gasteiger partial charge < -0.3 is 10.2 Å². The number of fused-ring (bicyclic) bond motifs is 8. The van der Waals surface area contributed by atoms with Crippen molar-refractivity contribution in [2.75, 3.05) is 0 Å². The third kappa shape index (κ3) is 2.15. The van der Waals surface area contributed by atoms with Gasteiger partial charge in [0.05, 0.1) is 5.69 Å². The quantitative estimate of drug-likeness (QED) is 0.668. The van der Waals surface area contributed by atoms with E-state index in [-0.39, 0.29) is 11.8 Å². The number of benzene rings is 1. The monoisotopic (exact) mass is 385 g/mol. The number of aromatic nitrogens is 1. The molecule has 2 fully saturated rings. The first kappa shape index (κ1) is 17.5. The van der Waals surface area contributed by atoms with E-state index in [1.807, 2.05) is 25.1 Å². The van der Waals surface area contributed by atoms with Gasteiger partial charge in [0.2, 0.25) is 11.8 Å². The normalized spacial score (nSPS) is 33.5. The largest absolute Gasteiger partial charge is 0.494 e. The van der Waals surface area contributed by atoms with E-state index in [0.29, 0.717) is 28.7 Å². The Bertz CT molecular complexity index is 872. The molecule has 4 heteroatoms. The van der Waals surface area contributed by atoms with Gasteiger partial charge in [-0.05, 0) is 79.0 Å². The SMILES string of the molecule is CCC1CC(CC)C2C3CC(c4c3c(O)n(-c3ccc(Cl)cc3C)c4O)C12. The summed E-state index contributed by atoms with van der Waals surface area (Å²) in [4.78, 5) is 0. The van der Waals surface area contributed by atoms with Crippen molar-refractivity contribution in [2.24, 2.45) is 23.7 Å². The third-order valence-electron chi connectivity index (χ3n) is 7.96. The zero-order chi connectivity index (χ0) is 19.0. The van der Waals surface area contributed by atoms with Crippen LogP contribution in [-0.4, -0.2) is 14.8 Å². The zero-order valence-electron chi connectivity index (χ0n) is 16.2. The van der Waals surface area contributed by atoms with E-state index in [9.17, 15) is 10.2 Å². The molecule has 2 N–H and O–H groups in total. The summed E-state index contributed by atoms with van der Waals surface area (Å²) in [6.45, 7) is 6.59. The molecule has 0 spiro atoms. The maximum absolute atomic E-state index is 11.2. The Morgan fingerprint density at radius 1 is 0.963 bits per heavy atom. The van der Waals surface area contributed by atoms with Gasteiger partial charge >= 0.3 is 0 Å². The molecule has 0 saturated heterocycles. The molecule has 5 rings (SSSR count). The second kappa shape index (κ2) is 5.94. The van der Waals surface area contributed by atoms with E-state index in [0.717, 1.165) is 40.6 Å². The van der Waals surface area contributed by atoms with Crippen LogP contribution in [-0.2, 0) is 0 Å². The smallest absolute Gasteiger partial charge is 0.202 e. The van der Waals surface area contributed by atoms with E-state index >= 15 is 0 Å². The first-order valence-corrected chi connectivity index (χ1v) is 10.8. The molecule has 0 aliphatic heterocycles. The second-order valence-electron chi connectivity index (χ2n) is 8.92. The van der Waals surface area contributed by atoms with Crippen molar-refractivity contribution in [1.29, 1.82) is 0 Å². The standard InChI is InChI=1S/C23H28ClNO2/c1-4-12-9-13(5-2)19-16-10-15(18(12)19)20-21(16)23(27)25(22(20)26)17-7-6-14(24)8-11(17)3/h6-8,12-13,15-16,18-19,26-27H,4-5,9-10H2,1-3H3. The van der Waals surface area contributed by atoms with Crippen LogP contribution >= 0.6 is 11.6 Å². The highest BCUT2D eigenvalue weighted by Gasteiger charge is 2.61. The highest BCUT2D eigenvalue weighted by Crippen LogP contribution is 2.71. The summed E-state index contributed by atoms with van der Waals surface area (Å²) in [5, 5.41) is 23.0. The van der Waals surface area contributed by atoms with Gasteiger partial charge in [0.25, 0.3) is 0 Å². The van der Waals surface area contributed by atoms with Crippen LogP contribution in [0, 0.1) is 30.6 Å². The number of hydrogen-bond acceptors (Lipinski definition) is 2. The second-order valence-corrected chi connectivity index (χ2v) is 9.35. The molecule has 2 aromatic rings. The Kier molecular flexibility index (Phi) is 3.85. The molecule has 3 aliphatic rings. The van der Waals surface area contributed by atoms with E-state index in [1.54, 1.807) is 4.57 Å². The minimum atomic E-state index is 0.244. The Labute approximate surface area is 166 Å². The van der Waals surface area contributed by atoms with Crippen LogP contribution < -0.4 is 0 Å². The molecule has 3 nitrogen and oxygen atoms in total. The van der Waals surface area contributed by atoms with Gasteiger partial charge in [0.15, 0.2) is 0 Å². The van der Waals surface area contributed by atoms with Crippen LogP contribution in [0.5, 0.6) is 11.8 Å². The fraction of sp³-hybridized carbons (Fsp3) is 0.565. The fourth-order valence-corrected chi connectivity index (χ4v) is 7.25. The zero-order valence-corrected chi connectivity index (χ0v) is 17.0. The van der Waals surface area contributed by atoms with Crippen LogP contribution in [0.15, 0.2) is 18.2 Å². The molecule has 1 aromatic carbocycles. The lowest BCUT2D eigenvalue weighted by Crippen LogP contribution is -2.23. The maximum Gasteiger partial charge on any atom is 0.202 e. The third-order valence-corrected chi connectivity index (χ3v) is 8.20. The minimum Gasteiger partial charge on any atom is -0.494 e. The lowest BCUT2D eigenvalue weighted by molar-refractivity contribution is 0.267.